The number of rotatable bonds is 6. The Kier molecular flexibility index (Phi) is 5.58. The summed E-state index contributed by atoms with van der Waals surface area (Å²) in [5.41, 5.74) is 2.27. The molecule has 0 unspecified atom stereocenters. The Hall–Kier alpha value is -2.07. The Morgan fingerprint density at radius 3 is 2.86 bits per heavy atom. The quantitative estimate of drug-likeness (QED) is 0.859. The van der Waals surface area contributed by atoms with Gasteiger partial charge in [0.1, 0.15) is 0 Å². The first-order valence-electron chi connectivity index (χ1n) is 6.91. The minimum atomic E-state index is -0.164. The summed E-state index contributed by atoms with van der Waals surface area (Å²) in [6.45, 7) is 3.33. The molecule has 0 saturated heterocycles. The monoisotopic (exact) mass is 303 g/mol. The van der Waals surface area contributed by atoms with Crippen LogP contribution in [0.1, 0.15) is 29.3 Å². The first-order valence-corrected chi connectivity index (χ1v) is 7.29. The normalized spacial score (nSPS) is 10.2. The summed E-state index contributed by atoms with van der Waals surface area (Å²) in [5.74, 6) is -0.164. The average Bonchev–Trinajstić information content (AvgIpc) is 2.52. The van der Waals surface area contributed by atoms with Gasteiger partial charge in [-0.3, -0.25) is 9.78 Å². The number of carbonyl (C=O) groups is 1. The van der Waals surface area contributed by atoms with Gasteiger partial charge in [0.05, 0.1) is 11.3 Å². The number of amides is 1. The molecule has 0 radical (unpaired) electrons. The third-order valence-electron chi connectivity index (χ3n) is 2.98. The summed E-state index contributed by atoms with van der Waals surface area (Å²) >= 11 is 6.06. The van der Waals surface area contributed by atoms with E-state index >= 15 is 0 Å². The van der Waals surface area contributed by atoms with Gasteiger partial charge in [0.15, 0.2) is 0 Å². The number of hydrogen-bond acceptors (Lipinski definition) is 3. The maximum absolute atomic E-state index is 12.1. The van der Waals surface area contributed by atoms with E-state index in [4.69, 9.17) is 11.6 Å². The molecular weight excluding hydrogens is 286 g/mol. The second kappa shape index (κ2) is 7.64. The molecule has 1 aromatic heterocycles. The minimum absolute atomic E-state index is 0.164. The molecule has 0 saturated carbocycles. The van der Waals surface area contributed by atoms with Crippen LogP contribution in [-0.4, -0.2) is 17.4 Å². The molecule has 1 heterocycles. The van der Waals surface area contributed by atoms with E-state index in [1.165, 1.54) is 0 Å². The Labute approximate surface area is 129 Å². The Bertz CT molecular complexity index is 616. The number of pyridine rings is 1. The molecule has 21 heavy (non-hydrogen) atoms. The lowest BCUT2D eigenvalue weighted by atomic mass is 10.2. The highest BCUT2D eigenvalue weighted by Gasteiger charge is 2.07. The maximum Gasteiger partial charge on any atom is 0.253 e. The molecule has 0 spiro atoms. The van der Waals surface area contributed by atoms with Gasteiger partial charge in [-0.05, 0) is 24.1 Å². The molecule has 0 aliphatic rings. The van der Waals surface area contributed by atoms with Gasteiger partial charge in [-0.25, -0.2) is 0 Å². The number of nitrogens with zero attached hydrogens (tertiary/aromatic N) is 1. The molecule has 1 amide bonds. The van der Waals surface area contributed by atoms with Crippen LogP contribution in [0.2, 0.25) is 5.02 Å². The van der Waals surface area contributed by atoms with Gasteiger partial charge in [0.25, 0.3) is 5.91 Å². The molecule has 0 fully saturated rings. The summed E-state index contributed by atoms with van der Waals surface area (Å²) < 4.78 is 0. The van der Waals surface area contributed by atoms with Gasteiger partial charge in [-0.1, -0.05) is 36.7 Å². The van der Waals surface area contributed by atoms with Gasteiger partial charge >= 0.3 is 0 Å². The maximum atomic E-state index is 12.1. The lowest BCUT2D eigenvalue weighted by Crippen LogP contribution is -2.23. The van der Waals surface area contributed by atoms with Crippen LogP contribution in [0, 0.1) is 0 Å². The van der Waals surface area contributed by atoms with Crippen molar-refractivity contribution in [1.29, 1.82) is 0 Å². The molecule has 0 aliphatic heterocycles. The minimum Gasteiger partial charge on any atom is -0.384 e. The summed E-state index contributed by atoms with van der Waals surface area (Å²) in [6, 6.07) is 9.25. The number of hydrogen-bond donors (Lipinski definition) is 2. The number of nitrogens with one attached hydrogen (secondary N) is 2. The van der Waals surface area contributed by atoms with E-state index < -0.39 is 0 Å². The van der Waals surface area contributed by atoms with Crippen LogP contribution in [0.25, 0.3) is 0 Å². The molecule has 4 nitrogen and oxygen atoms in total. The average molecular weight is 304 g/mol. The number of anilines is 1. The van der Waals surface area contributed by atoms with Crippen LogP contribution in [0.15, 0.2) is 42.7 Å². The number of halogens is 1. The topological polar surface area (TPSA) is 54.0 Å². The van der Waals surface area contributed by atoms with E-state index in [9.17, 15) is 4.79 Å². The molecular formula is C16H18ClN3O. The van der Waals surface area contributed by atoms with Crippen molar-refractivity contribution in [2.45, 2.75) is 19.9 Å². The third kappa shape index (κ3) is 4.46. The molecule has 2 aromatic rings. The zero-order valence-corrected chi connectivity index (χ0v) is 12.7. The summed E-state index contributed by atoms with van der Waals surface area (Å²) in [5, 5.41) is 6.70. The molecule has 5 heteroatoms. The second-order valence-electron chi connectivity index (χ2n) is 4.66. The zero-order chi connectivity index (χ0) is 15.1. The number of aromatic nitrogens is 1. The van der Waals surface area contributed by atoms with Crippen molar-refractivity contribution < 1.29 is 4.79 Å². The molecule has 0 atom stereocenters. The summed E-state index contributed by atoms with van der Waals surface area (Å²) in [4.78, 5) is 16.2. The van der Waals surface area contributed by atoms with Crippen LogP contribution in [0.5, 0.6) is 0 Å². The van der Waals surface area contributed by atoms with E-state index in [0.717, 1.165) is 24.2 Å². The van der Waals surface area contributed by atoms with Crippen LogP contribution < -0.4 is 10.6 Å². The predicted molar refractivity (Wildman–Crippen MR) is 85.6 cm³/mol. The van der Waals surface area contributed by atoms with Crippen molar-refractivity contribution >= 4 is 23.2 Å². The van der Waals surface area contributed by atoms with Gasteiger partial charge in [0.2, 0.25) is 0 Å². The molecule has 2 N–H and O–H groups in total. The Morgan fingerprint density at radius 2 is 2.10 bits per heavy atom. The molecule has 110 valence electrons. The van der Waals surface area contributed by atoms with Crippen molar-refractivity contribution in [2.24, 2.45) is 0 Å². The van der Waals surface area contributed by atoms with E-state index in [2.05, 4.69) is 22.5 Å². The fourth-order valence-electron chi connectivity index (χ4n) is 1.85. The lowest BCUT2D eigenvalue weighted by molar-refractivity contribution is 0.0950. The highest BCUT2D eigenvalue weighted by molar-refractivity contribution is 6.31. The van der Waals surface area contributed by atoms with E-state index in [1.807, 2.05) is 18.2 Å². The first kappa shape index (κ1) is 15.3. The van der Waals surface area contributed by atoms with Crippen LogP contribution in [0.3, 0.4) is 0 Å². The second-order valence-corrected chi connectivity index (χ2v) is 5.07. The van der Waals surface area contributed by atoms with E-state index in [-0.39, 0.29) is 5.91 Å². The predicted octanol–water partition coefficient (Wildman–Crippen LogP) is 3.49. The first-order chi connectivity index (χ1) is 10.2. The van der Waals surface area contributed by atoms with Gasteiger partial charge in [-0.15, -0.1) is 0 Å². The van der Waals surface area contributed by atoms with Crippen molar-refractivity contribution in [1.82, 2.24) is 10.3 Å². The summed E-state index contributed by atoms with van der Waals surface area (Å²) in [6.07, 6.45) is 4.28. The fraction of sp³-hybridized carbons (Fsp3) is 0.250. The van der Waals surface area contributed by atoms with Gasteiger partial charge < -0.3 is 10.6 Å². The smallest absolute Gasteiger partial charge is 0.253 e. The molecule has 0 aliphatic carbocycles. The summed E-state index contributed by atoms with van der Waals surface area (Å²) in [7, 11) is 0. The van der Waals surface area contributed by atoms with Crippen molar-refractivity contribution in [2.75, 3.05) is 11.9 Å². The number of carbonyl (C=O) groups excluding carboxylic acids is 1. The molecule has 2 rings (SSSR count). The van der Waals surface area contributed by atoms with Crippen LogP contribution in [-0.2, 0) is 6.54 Å². The van der Waals surface area contributed by atoms with Crippen molar-refractivity contribution in [3.05, 3.63) is 58.9 Å². The SMILES string of the molecule is CCCNc1cncc(C(=O)NCc2ccccc2Cl)c1. The van der Waals surface area contributed by atoms with E-state index in [1.54, 1.807) is 24.5 Å². The van der Waals surface area contributed by atoms with Crippen LogP contribution in [0.4, 0.5) is 5.69 Å². The van der Waals surface area contributed by atoms with E-state index in [0.29, 0.717) is 17.1 Å². The molecule has 0 bridgehead atoms. The fourth-order valence-corrected chi connectivity index (χ4v) is 2.05. The zero-order valence-electron chi connectivity index (χ0n) is 11.9. The molecule has 1 aromatic carbocycles. The van der Waals surface area contributed by atoms with Crippen molar-refractivity contribution in [3.63, 3.8) is 0 Å². The Morgan fingerprint density at radius 1 is 1.29 bits per heavy atom. The number of benzene rings is 1. The third-order valence-corrected chi connectivity index (χ3v) is 3.35. The highest BCUT2D eigenvalue weighted by atomic mass is 35.5. The largest absolute Gasteiger partial charge is 0.384 e. The van der Waals surface area contributed by atoms with Crippen LogP contribution >= 0.6 is 11.6 Å². The lowest BCUT2D eigenvalue weighted by Gasteiger charge is -2.08. The Balaban J connectivity index is 1.98. The van der Waals surface area contributed by atoms with Crippen molar-refractivity contribution in [3.8, 4) is 0 Å². The van der Waals surface area contributed by atoms with Gasteiger partial charge in [0, 0.05) is 30.5 Å². The van der Waals surface area contributed by atoms with Gasteiger partial charge in [-0.2, -0.15) is 0 Å². The highest BCUT2D eigenvalue weighted by Crippen LogP contribution is 2.15. The standard InChI is InChI=1S/C16H18ClN3O/c1-2-7-19-14-8-13(9-18-11-14)16(21)20-10-12-5-3-4-6-15(12)17/h3-6,8-9,11,19H,2,7,10H2,1H3,(H,20,21).